The largest absolute Gasteiger partial charge is 0.383 e. The molecule has 5 nitrogen and oxygen atoms in total. The number of hydrogen-bond donors (Lipinski definition) is 2. The van der Waals surface area contributed by atoms with Crippen molar-refractivity contribution in [2.24, 2.45) is 0 Å². The number of anilines is 2. The van der Waals surface area contributed by atoms with Gasteiger partial charge in [0.15, 0.2) is 0 Å². The van der Waals surface area contributed by atoms with Crippen molar-refractivity contribution in [2.45, 2.75) is 19.9 Å². The van der Waals surface area contributed by atoms with E-state index in [1.54, 1.807) is 36.5 Å². The Kier molecular flexibility index (Phi) is 4.52. The number of carbonyl (C=O) groups is 1. The van der Waals surface area contributed by atoms with E-state index < -0.39 is 0 Å². The lowest BCUT2D eigenvalue weighted by Crippen LogP contribution is -2.15. The van der Waals surface area contributed by atoms with Gasteiger partial charge in [-0.3, -0.25) is 9.78 Å². The Morgan fingerprint density at radius 1 is 1.24 bits per heavy atom. The van der Waals surface area contributed by atoms with E-state index in [2.05, 4.69) is 15.6 Å². The molecule has 0 fully saturated rings. The van der Waals surface area contributed by atoms with Crippen LogP contribution in [0.5, 0.6) is 0 Å². The molecule has 1 heterocycles. The lowest BCUT2D eigenvalue weighted by Gasteiger charge is -2.11. The van der Waals surface area contributed by atoms with E-state index in [1.165, 1.54) is 0 Å². The summed E-state index contributed by atoms with van der Waals surface area (Å²) in [5, 5.41) is 14.8. The van der Waals surface area contributed by atoms with E-state index in [-0.39, 0.29) is 11.9 Å². The molecule has 0 saturated carbocycles. The summed E-state index contributed by atoms with van der Waals surface area (Å²) in [6, 6.07) is 12.6. The van der Waals surface area contributed by atoms with Crippen LogP contribution in [-0.2, 0) is 0 Å². The van der Waals surface area contributed by atoms with Gasteiger partial charge >= 0.3 is 0 Å². The Bertz CT molecular complexity index is 689. The van der Waals surface area contributed by atoms with Crippen molar-refractivity contribution in [2.75, 3.05) is 10.6 Å². The van der Waals surface area contributed by atoms with Gasteiger partial charge in [0, 0.05) is 23.6 Å². The Labute approximate surface area is 123 Å². The van der Waals surface area contributed by atoms with Crippen LogP contribution in [0.4, 0.5) is 11.4 Å². The first-order valence-corrected chi connectivity index (χ1v) is 6.62. The van der Waals surface area contributed by atoms with E-state index in [9.17, 15) is 4.79 Å². The number of rotatable bonds is 4. The zero-order valence-electron chi connectivity index (χ0n) is 11.9. The molecule has 0 spiro atoms. The molecule has 1 amide bonds. The smallest absolute Gasteiger partial charge is 0.274 e. The summed E-state index contributed by atoms with van der Waals surface area (Å²) >= 11 is 0. The van der Waals surface area contributed by atoms with Crippen molar-refractivity contribution in [3.05, 3.63) is 53.9 Å². The molecule has 21 heavy (non-hydrogen) atoms. The molecule has 0 unspecified atom stereocenters. The van der Waals surface area contributed by atoms with Gasteiger partial charge in [0.05, 0.1) is 11.6 Å². The number of benzene rings is 1. The molecule has 0 aliphatic rings. The van der Waals surface area contributed by atoms with Crippen molar-refractivity contribution >= 4 is 17.3 Å². The lowest BCUT2D eigenvalue weighted by molar-refractivity contribution is 0.102. The summed E-state index contributed by atoms with van der Waals surface area (Å²) in [5.74, 6) is -0.308. The second-order valence-electron chi connectivity index (χ2n) is 4.88. The average molecular weight is 280 g/mol. The standard InChI is InChI=1S/C16H16N4O/c1-11(2)19-14-6-7-18-15(9-14)16(21)20-13-5-3-4-12(8-13)10-17/h3-9,11H,1-2H3,(H,18,19)(H,20,21). The number of nitrogens with zero attached hydrogens (tertiary/aromatic N) is 2. The van der Waals surface area contributed by atoms with Crippen LogP contribution in [0, 0.1) is 11.3 Å². The summed E-state index contributed by atoms with van der Waals surface area (Å²) < 4.78 is 0. The lowest BCUT2D eigenvalue weighted by atomic mass is 10.2. The second-order valence-corrected chi connectivity index (χ2v) is 4.88. The molecule has 1 aromatic carbocycles. The van der Waals surface area contributed by atoms with Crippen molar-refractivity contribution in [3.8, 4) is 6.07 Å². The second kappa shape index (κ2) is 6.53. The Morgan fingerprint density at radius 2 is 2.05 bits per heavy atom. The zero-order chi connectivity index (χ0) is 15.2. The number of amides is 1. The zero-order valence-corrected chi connectivity index (χ0v) is 11.9. The Hall–Kier alpha value is -2.87. The molecule has 0 radical (unpaired) electrons. The topological polar surface area (TPSA) is 77.8 Å². The van der Waals surface area contributed by atoms with E-state index in [0.717, 1.165) is 5.69 Å². The monoisotopic (exact) mass is 280 g/mol. The highest BCUT2D eigenvalue weighted by Crippen LogP contribution is 2.13. The summed E-state index contributed by atoms with van der Waals surface area (Å²) in [6.07, 6.45) is 1.59. The van der Waals surface area contributed by atoms with Crippen LogP contribution in [0.1, 0.15) is 29.9 Å². The highest BCUT2D eigenvalue weighted by atomic mass is 16.1. The minimum atomic E-state index is -0.308. The fourth-order valence-corrected chi connectivity index (χ4v) is 1.84. The van der Waals surface area contributed by atoms with E-state index >= 15 is 0 Å². The highest BCUT2D eigenvalue weighted by Gasteiger charge is 2.09. The number of pyridine rings is 1. The van der Waals surface area contributed by atoms with Crippen molar-refractivity contribution < 1.29 is 4.79 Å². The highest BCUT2D eigenvalue weighted by molar-refractivity contribution is 6.03. The van der Waals surface area contributed by atoms with Gasteiger partial charge in [-0.15, -0.1) is 0 Å². The summed E-state index contributed by atoms with van der Waals surface area (Å²) in [5.41, 5.74) is 2.23. The molecule has 2 N–H and O–H groups in total. The SMILES string of the molecule is CC(C)Nc1ccnc(C(=O)Nc2cccc(C#N)c2)c1. The predicted molar refractivity (Wildman–Crippen MR) is 82.1 cm³/mol. The van der Waals surface area contributed by atoms with Crippen LogP contribution >= 0.6 is 0 Å². The number of aromatic nitrogens is 1. The van der Waals surface area contributed by atoms with Gasteiger partial charge < -0.3 is 10.6 Å². The van der Waals surface area contributed by atoms with Crippen LogP contribution in [-0.4, -0.2) is 16.9 Å². The molecule has 2 aromatic rings. The van der Waals surface area contributed by atoms with Gasteiger partial charge in [0.2, 0.25) is 0 Å². The summed E-state index contributed by atoms with van der Waals surface area (Å²) in [4.78, 5) is 16.2. The van der Waals surface area contributed by atoms with Crippen molar-refractivity contribution in [1.82, 2.24) is 4.98 Å². The third-order valence-corrected chi connectivity index (χ3v) is 2.70. The summed E-state index contributed by atoms with van der Waals surface area (Å²) in [6.45, 7) is 4.04. The molecule has 0 atom stereocenters. The third-order valence-electron chi connectivity index (χ3n) is 2.70. The van der Waals surface area contributed by atoms with Gasteiger partial charge in [0.1, 0.15) is 5.69 Å². The van der Waals surface area contributed by atoms with Crippen LogP contribution in [0.3, 0.4) is 0 Å². The van der Waals surface area contributed by atoms with E-state index in [4.69, 9.17) is 5.26 Å². The van der Waals surface area contributed by atoms with Crippen LogP contribution in [0.2, 0.25) is 0 Å². The van der Waals surface area contributed by atoms with Crippen LogP contribution in [0.15, 0.2) is 42.6 Å². The predicted octanol–water partition coefficient (Wildman–Crippen LogP) is 3.03. The van der Waals surface area contributed by atoms with Gasteiger partial charge in [-0.05, 0) is 44.2 Å². The van der Waals surface area contributed by atoms with E-state index in [1.807, 2.05) is 26.0 Å². The molecule has 106 valence electrons. The van der Waals surface area contributed by atoms with Crippen LogP contribution < -0.4 is 10.6 Å². The Morgan fingerprint density at radius 3 is 2.76 bits per heavy atom. The van der Waals surface area contributed by atoms with E-state index in [0.29, 0.717) is 16.9 Å². The molecular formula is C16H16N4O. The van der Waals surface area contributed by atoms with Crippen molar-refractivity contribution in [3.63, 3.8) is 0 Å². The first kappa shape index (κ1) is 14.5. The van der Waals surface area contributed by atoms with Crippen LogP contribution in [0.25, 0.3) is 0 Å². The third kappa shape index (κ3) is 4.05. The first-order valence-electron chi connectivity index (χ1n) is 6.62. The molecule has 0 aliphatic heterocycles. The number of nitrogens with one attached hydrogen (secondary N) is 2. The first-order chi connectivity index (χ1) is 10.1. The average Bonchev–Trinajstić information content (AvgIpc) is 2.47. The maximum absolute atomic E-state index is 12.2. The molecular weight excluding hydrogens is 264 g/mol. The van der Waals surface area contributed by atoms with Crippen molar-refractivity contribution in [1.29, 1.82) is 5.26 Å². The number of nitriles is 1. The molecule has 5 heteroatoms. The molecule has 0 bridgehead atoms. The fraction of sp³-hybridized carbons (Fsp3) is 0.188. The fourth-order valence-electron chi connectivity index (χ4n) is 1.84. The number of hydrogen-bond acceptors (Lipinski definition) is 4. The molecule has 2 rings (SSSR count). The molecule has 0 aliphatic carbocycles. The minimum Gasteiger partial charge on any atom is -0.383 e. The van der Waals surface area contributed by atoms with Gasteiger partial charge in [-0.1, -0.05) is 6.07 Å². The normalized spacial score (nSPS) is 10.0. The van der Waals surface area contributed by atoms with Gasteiger partial charge in [-0.25, -0.2) is 0 Å². The molecule has 1 aromatic heterocycles. The van der Waals surface area contributed by atoms with Gasteiger partial charge in [0.25, 0.3) is 5.91 Å². The maximum Gasteiger partial charge on any atom is 0.274 e. The number of carbonyl (C=O) groups excluding carboxylic acids is 1. The minimum absolute atomic E-state index is 0.274. The van der Waals surface area contributed by atoms with Gasteiger partial charge in [-0.2, -0.15) is 5.26 Å². The Balaban J connectivity index is 2.14. The molecule has 0 saturated heterocycles. The quantitative estimate of drug-likeness (QED) is 0.902. The summed E-state index contributed by atoms with van der Waals surface area (Å²) in [7, 11) is 0. The maximum atomic E-state index is 12.2.